The zero-order chi connectivity index (χ0) is 15.6. The molecule has 112 valence electrons. The highest BCUT2D eigenvalue weighted by molar-refractivity contribution is 6.31. The molecule has 2 rings (SSSR count). The van der Waals surface area contributed by atoms with Crippen LogP contribution in [0.3, 0.4) is 0 Å². The molecule has 0 aromatic heterocycles. The maximum Gasteiger partial charge on any atom is 0.132 e. The first kappa shape index (κ1) is 15.8. The van der Waals surface area contributed by atoms with Gasteiger partial charge in [0.1, 0.15) is 11.6 Å². The largest absolute Gasteiger partial charge is 0.497 e. The lowest BCUT2D eigenvalue weighted by molar-refractivity contribution is 0.410. The Labute approximate surface area is 129 Å². The molecule has 2 nitrogen and oxygen atoms in total. The first-order valence-electron chi connectivity index (χ1n) is 6.75. The number of aryl methyl sites for hydroxylation is 2. The molecule has 0 radical (unpaired) electrons. The lowest BCUT2D eigenvalue weighted by atomic mass is 9.93. The van der Waals surface area contributed by atoms with Gasteiger partial charge < -0.3 is 10.1 Å². The number of rotatable bonds is 4. The van der Waals surface area contributed by atoms with Crippen molar-refractivity contribution in [3.05, 3.63) is 63.4 Å². The summed E-state index contributed by atoms with van der Waals surface area (Å²) in [6.07, 6.45) is 0. The quantitative estimate of drug-likeness (QED) is 0.903. The summed E-state index contributed by atoms with van der Waals surface area (Å²) < 4.78 is 19.4. The highest BCUT2D eigenvalue weighted by atomic mass is 35.5. The van der Waals surface area contributed by atoms with Gasteiger partial charge in [-0.05, 0) is 49.7 Å². The second-order valence-corrected chi connectivity index (χ2v) is 5.47. The highest BCUT2D eigenvalue weighted by Crippen LogP contribution is 2.31. The second-order valence-electron chi connectivity index (χ2n) is 5.07. The van der Waals surface area contributed by atoms with Gasteiger partial charge in [0, 0.05) is 16.7 Å². The van der Waals surface area contributed by atoms with Gasteiger partial charge in [-0.1, -0.05) is 23.7 Å². The van der Waals surface area contributed by atoms with Crippen LogP contribution in [0.5, 0.6) is 5.75 Å². The molecule has 0 spiro atoms. The van der Waals surface area contributed by atoms with E-state index in [1.165, 1.54) is 13.2 Å². The van der Waals surface area contributed by atoms with E-state index < -0.39 is 0 Å². The molecule has 0 saturated carbocycles. The number of hydrogen-bond acceptors (Lipinski definition) is 2. The number of hydrogen-bond donors (Lipinski definition) is 1. The molecule has 0 amide bonds. The van der Waals surface area contributed by atoms with Crippen LogP contribution in [0.15, 0.2) is 30.3 Å². The Kier molecular flexibility index (Phi) is 4.86. The van der Waals surface area contributed by atoms with Crippen molar-refractivity contribution in [3.8, 4) is 5.75 Å². The van der Waals surface area contributed by atoms with E-state index in [9.17, 15) is 4.39 Å². The van der Waals surface area contributed by atoms with E-state index in [-0.39, 0.29) is 11.9 Å². The number of ether oxygens (including phenoxy) is 1. The Morgan fingerprint density at radius 3 is 2.38 bits per heavy atom. The fraction of sp³-hybridized carbons (Fsp3) is 0.294. The van der Waals surface area contributed by atoms with Crippen LogP contribution in [0.1, 0.15) is 28.3 Å². The zero-order valence-electron chi connectivity index (χ0n) is 12.6. The van der Waals surface area contributed by atoms with Gasteiger partial charge in [0.2, 0.25) is 0 Å². The van der Waals surface area contributed by atoms with E-state index in [1.54, 1.807) is 12.1 Å². The molecule has 0 bridgehead atoms. The number of halogens is 2. The molecule has 0 aliphatic carbocycles. The summed E-state index contributed by atoms with van der Waals surface area (Å²) in [4.78, 5) is 0. The summed E-state index contributed by atoms with van der Waals surface area (Å²) in [5.41, 5.74) is 3.61. The summed E-state index contributed by atoms with van der Waals surface area (Å²) in [5.74, 6) is 0.218. The number of nitrogens with one attached hydrogen (secondary N) is 1. The van der Waals surface area contributed by atoms with Crippen LogP contribution in [0.25, 0.3) is 0 Å². The molecular weight excluding hydrogens is 289 g/mol. The molecule has 1 N–H and O–H groups in total. The van der Waals surface area contributed by atoms with Crippen molar-refractivity contribution < 1.29 is 9.13 Å². The minimum absolute atomic E-state index is 0.230. The second kappa shape index (κ2) is 6.46. The van der Waals surface area contributed by atoms with E-state index in [0.29, 0.717) is 11.3 Å². The lowest BCUT2D eigenvalue weighted by Gasteiger charge is -2.21. The molecule has 2 aromatic rings. The topological polar surface area (TPSA) is 21.3 Å². The van der Waals surface area contributed by atoms with Crippen LogP contribution in [0.2, 0.25) is 5.02 Å². The molecule has 21 heavy (non-hydrogen) atoms. The fourth-order valence-electron chi connectivity index (χ4n) is 2.46. The van der Waals surface area contributed by atoms with Crippen molar-refractivity contribution in [1.82, 2.24) is 5.32 Å². The van der Waals surface area contributed by atoms with Crippen molar-refractivity contribution in [2.24, 2.45) is 0 Å². The summed E-state index contributed by atoms with van der Waals surface area (Å²) in [5, 5.41) is 3.90. The lowest BCUT2D eigenvalue weighted by Crippen LogP contribution is -2.20. The van der Waals surface area contributed by atoms with Crippen LogP contribution >= 0.6 is 11.6 Å². The maximum absolute atomic E-state index is 14.3. The van der Waals surface area contributed by atoms with Crippen molar-refractivity contribution in [3.63, 3.8) is 0 Å². The first-order valence-corrected chi connectivity index (χ1v) is 7.13. The standard InChI is InChI=1S/C17H19ClFNO/c1-10-8-15(18)11(2)7-14(10)17(20-3)13-6-5-12(21-4)9-16(13)19/h5-9,17,20H,1-4H3. The van der Waals surface area contributed by atoms with Crippen LogP contribution in [0.4, 0.5) is 4.39 Å². The summed E-state index contributed by atoms with van der Waals surface area (Å²) in [7, 11) is 3.34. The molecule has 4 heteroatoms. The average molecular weight is 308 g/mol. The van der Waals surface area contributed by atoms with Gasteiger partial charge in [0.15, 0.2) is 0 Å². The number of benzene rings is 2. The Morgan fingerprint density at radius 1 is 1.10 bits per heavy atom. The predicted molar refractivity (Wildman–Crippen MR) is 84.8 cm³/mol. The van der Waals surface area contributed by atoms with Gasteiger partial charge in [0.05, 0.1) is 13.2 Å². The molecule has 0 heterocycles. The van der Waals surface area contributed by atoms with Crippen LogP contribution in [-0.2, 0) is 0 Å². The van der Waals surface area contributed by atoms with Crippen LogP contribution < -0.4 is 10.1 Å². The Balaban J connectivity index is 2.52. The molecular formula is C17H19ClFNO. The third kappa shape index (κ3) is 3.20. The summed E-state index contributed by atoms with van der Waals surface area (Å²) in [6, 6.07) is 8.60. The van der Waals surface area contributed by atoms with Crippen molar-refractivity contribution in [2.75, 3.05) is 14.2 Å². The third-order valence-corrected chi connectivity index (χ3v) is 4.07. The third-order valence-electron chi connectivity index (χ3n) is 3.67. The van der Waals surface area contributed by atoms with Gasteiger partial charge in [-0.3, -0.25) is 0 Å². The van der Waals surface area contributed by atoms with Crippen LogP contribution in [-0.4, -0.2) is 14.2 Å². The van der Waals surface area contributed by atoms with Crippen molar-refractivity contribution in [1.29, 1.82) is 0 Å². The zero-order valence-corrected chi connectivity index (χ0v) is 13.4. The maximum atomic E-state index is 14.3. The smallest absolute Gasteiger partial charge is 0.132 e. The predicted octanol–water partition coefficient (Wildman–Crippen LogP) is 4.41. The molecule has 0 aliphatic heterocycles. The van der Waals surface area contributed by atoms with Crippen molar-refractivity contribution in [2.45, 2.75) is 19.9 Å². The SMILES string of the molecule is CNC(c1cc(C)c(Cl)cc1C)c1ccc(OC)cc1F. The monoisotopic (exact) mass is 307 g/mol. The highest BCUT2D eigenvalue weighted by Gasteiger charge is 2.19. The molecule has 0 aliphatic rings. The van der Waals surface area contributed by atoms with Crippen LogP contribution in [0, 0.1) is 19.7 Å². The first-order chi connectivity index (χ1) is 9.97. The van der Waals surface area contributed by atoms with E-state index in [1.807, 2.05) is 33.0 Å². The molecule has 1 unspecified atom stereocenters. The minimum atomic E-state index is -0.291. The summed E-state index contributed by atoms with van der Waals surface area (Å²) >= 11 is 6.14. The fourth-order valence-corrected chi connectivity index (χ4v) is 2.68. The van der Waals surface area contributed by atoms with Gasteiger partial charge in [-0.2, -0.15) is 0 Å². The van der Waals surface area contributed by atoms with E-state index >= 15 is 0 Å². The Hall–Kier alpha value is -1.58. The van der Waals surface area contributed by atoms with E-state index in [2.05, 4.69) is 5.32 Å². The molecule has 0 saturated heterocycles. The number of methoxy groups -OCH3 is 1. The average Bonchev–Trinajstić information content (AvgIpc) is 2.46. The molecule has 0 fully saturated rings. The molecule has 1 atom stereocenters. The van der Waals surface area contributed by atoms with Gasteiger partial charge in [-0.15, -0.1) is 0 Å². The van der Waals surface area contributed by atoms with E-state index in [4.69, 9.17) is 16.3 Å². The Morgan fingerprint density at radius 2 is 1.81 bits per heavy atom. The normalized spacial score (nSPS) is 12.3. The summed E-state index contributed by atoms with van der Waals surface area (Å²) in [6.45, 7) is 3.93. The Bertz CT molecular complexity index is 657. The van der Waals surface area contributed by atoms with Gasteiger partial charge in [-0.25, -0.2) is 4.39 Å². The molecule has 2 aromatic carbocycles. The van der Waals surface area contributed by atoms with Gasteiger partial charge >= 0.3 is 0 Å². The van der Waals surface area contributed by atoms with Crippen molar-refractivity contribution >= 4 is 11.6 Å². The van der Waals surface area contributed by atoms with Gasteiger partial charge in [0.25, 0.3) is 0 Å². The minimum Gasteiger partial charge on any atom is -0.497 e. The van der Waals surface area contributed by atoms with E-state index in [0.717, 1.165) is 21.7 Å².